The van der Waals surface area contributed by atoms with E-state index in [0.717, 1.165) is 38.9 Å². The highest BCUT2D eigenvalue weighted by Crippen LogP contribution is 1.94. The van der Waals surface area contributed by atoms with Gasteiger partial charge in [-0.3, -0.25) is 9.98 Å². The zero-order valence-electron chi connectivity index (χ0n) is 12.1. The first-order chi connectivity index (χ1) is 9.63. The van der Waals surface area contributed by atoms with Crippen molar-refractivity contribution in [2.45, 2.75) is 25.7 Å². The number of guanidine groups is 2. The van der Waals surface area contributed by atoms with E-state index in [0.29, 0.717) is 26.3 Å². The predicted octanol–water partition coefficient (Wildman–Crippen LogP) is -0.873. The molecule has 0 saturated heterocycles. The molecule has 0 atom stereocenters. The molecule has 0 fully saturated rings. The van der Waals surface area contributed by atoms with Crippen molar-refractivity contribution in [2.75, 3.05) is 39.5 Å². The molecule has 0 amide bonds. The summed E-state index contributed by atoms with van der Waals surface area (Å²) in [4.78, 5) is 7.73. The Bertz CT molecular complexity index is 247. The van der Waals surface area contributed by atoms with E-state index in [9.17, 15) is 0 Å². The summed E-state index contributed by atoms with van der Waals surface area (Å²) >= 11 is 0. The molecule has 0 aliphatic carbocycles. The van der Waals surface area contributed by atoms with Crippen molar-refractivity contribution in [2.24, 2.45) is 32.9 Å². The molecule has 8 heteroatoms. The summed E-state index contributed by atoms with van der Waals surface area (Å²) in [6.45, 7) is 4.05. The molecule has 0 aliphatic heterocycles. The summed E-state index contributed by atoms with van der Waals surface area (Å²) in [6, 6.07) is 0. The Morgan fingerprint density at radius 2 is 0.950 bits per heavy atom. The molecule has 0 radical (unpaired) electrons. The van der Waals surface area contributed by atoms with E-state index in [1.165, 1.54) is 0 Å². The average Bonchev–Trinajstić information content (AvgIpc) is 2.38. The van der Waals surface area contributed by atoms with Crippen molar-refractivity contribution in [1.29, 1.82) is 0 Å². The van der Waals surface area contributed by atoms with Crippen LogP contribution in [0.1, 0.15) is 25.7 Å². The molecule has 20 heavy (non-hydrogen) atoms. The third kappa shape index (κ3) is 16.5. The Hall–Kier alpha value is -1.54. The third-order valence-corrected chi connectivity index (χ3v) is 2.31. The highest BCUT2D eigenvalue weighted by atomic mass is 16.5. The largest absolute Gasteiger partial charge is 0.381 e. The molecule has 0 heterocycles. The first-order valence-electron chi connectivity index (χ1n) is 6.89. The summed E-state index contributed by atoms with van der Waals surface area (Å²) in [5.74, 6) is 0.254. The van der Waals surface area contributed by atoms with Crippen LogP contribution in [0, 0.1) is 0 Å². The van der Waals surface area contributed by atoms with Crippen molar-refractivity contribution >= 4 is 11.9 Å². The number of ether oxygens (including phenoxy) is 2. The molecule has 0 unspecified atom stereocenters. The van der Waals surface area contributed by atoms with Gasteiger partial charge in [0.1, 0.15) is 0 Å². The molecule has 0 spiro atoms. The molecule has 0 bridgehead atoms. The third-order valence-electron chi connectivity index (χ3n) is 2.31. The zero-order chi connectivity index (χ0) is 15.1. The van der Waals surface area contributed by atoms with Crippen molar-refractivity contribution < 1.29 is 9.47 Å². The summed E-state index contributed by atoms with van der Waals surface area (Å²) in [5, 5.41) is 0. The minimum absolute atomic E-state index is 0.127. The highest BCUT2D eigenvalue weighted by Gasteiger charge is 1.92. The maximum Gasteiger partial charge on any atom is 0.185 e. The van der Waals surface area contributed by atoms with Gasteiger partial charge in [-0.25, -0.2) is 0 Å². The second kappa shape index (κ2) is 13.9. The van der Waals surface area contributed by atoms with Crippen molar-refractivity contribution in [3.63, 3.8) is 0 Å². The van der Waals surface area contributed by atoms with E-state index in [-0.39, 0.29) is 11.9 Å². The van der Waals surface area contributed by atoms with Gasteiger partial charge in [0.2, 0.25) is 0 Å². The number of nitrogens with zero attached hydrogens (tertiary/aromatic N) is 2. The molecule has 8 N–H and O–H groups in total. The van der Waals surface area contributed by atoms with Gasteiger partial charge in [-0.1, -0.05) is 0 Å². The summed E-state index contributed by atoms with van der Waals surface area (Å²) in [7, 11) is 0. The minimum Gasteiger partial charge on any atom is -0.381 e. The second-order valence-corrected chi connectivity index (χ2v) is 4.25. The van der Waals surface area contributed by atoms with E-state index in [2.05, 4.69) is 9.98 Å². The number of hydrogen-bond acceptors (Lipinski definition) is 4. The maximum absolute atomic E-state index is 5.43. The van der Waals surface area contributed by atoms with Gasteiger partial charge < -0.3 is 32.4 Å². The number of hydrogen-bond donors (Lipinski definition) is 4. The Morgan fingerprint density at radius 1 is 0.600 bits per heavy atom. The van der Waals surface area contributed by atoms with Gasteiger partial charge in [0, 0.05) is 39.5 Å². The number of nitrogens with two attached hydrogens (primary N) is 4. The van der Waals surface area contributed by atoms with E-state index >= 15 is 0 Å². The molecule has 0 rings (SSSR count). The van der Waals surface area contributed by atoms with E-state index in [1.54, 1.807) is 0 Å². The van der Waals surface area contributed by atoms with Crippen LogP contribution in [-0.4, -0.2) is 51.4 Å². The van der Waals surface area contributed by atoms with Crippen LogP contribution in [0.25, 0.3) is 0 Å². The normalized spacial score (nSPS) is 10.2. The van der Waals surface area contributed by atoms with Gasteiger partial charge in [0.25, 0.3) is 0 Å². The fourth-order valence-corrected chi connectivity index (χ4v) is 1.36. The molecular formula is C12H28N6O2. The van der Waals surface area contributed by atoms with Crippen molar-refractivity contribution in [3.8, 4) is 0 Å². The molecular weight excluding hydrogens is 260 g/mol. The van der Waals surface area contributed by atoms with Gasteiger partial charge >= 0.3 is 0 Å². The lowest BCUT2D eigenvalue weighted by molar-refractivity contribution is 0.102. The van der Waals surface area contributed by atoms with Gasteiger partial charge in [0.05, 0.1) is 0 Å². The van der Waals surface area contributed by atoms with E-state index in [4.69, 9.17) is 32.4 Å². The molecule has 0 aromatic heterocycles. The zero-order valence-corrected chi connectivity index (χ0v) is 12.1. The van der Waals surface area contributed by atoms with Crippen LogP contribution in [0.5, 0.6) is 0 Å². The van der Waals surface area contributed by atoms with Crippen LogP contribution in [0.2, 0.25) is 0 Å². The van der Waals surface area contributed by atoms with Crippen LogP contribution >= 0.6 is 0 Å². The number of aliphatic imine (C=N–C) groups is 2. The smallest absolute Gasteiger partial charge is 0.185 e. The summed E-state index contributed by atoms with van der Waals surface area (Å²) < 4.78 is 10.9. The Kier molecular flexibility index (Phi) is 12.8. The SMILES string of the molecule is NC(N)=NCCCOCCCCOCCCN=C(N)N. The Balaban J connectivity index is 3.06. The monoisotopic (exact) mass is 288 g/mol. The lowest BCUT2D eigenvalue weighted by Crippen LogP contribution is -2.23. The molecule has 0 aliphatic rings. The summed E-state index contributed by atoms with van der Waals surface area (Å²) in [6.07, 6.45) is 3.63. The minimum atomic E-state index is 0.127. The van der Waals surface area contributed by atoms with E-state index in [1.807, 2.05) is 0 Å². The standard InChI is InChI=1S/C12H28N6O2/c13-11(14)17-5-3-9-19-7-1-2-8-20-10-4-6-18-12(15)16/h1-10H2,(H4,13,14,17)(H4,15,16,18). The maximum atomic E-state index is 5.43. The van der Waals surface area contributed by atoms with Crippen molar-refractivity contribution in [3.05, 3.63) is 0 Å². The highest BCUT2D eigenvalue weighted by molar-refractivity contribution is 5.75. The average molecular weight is 288 g/mol. The predicted molar refractivity (Wildman–Crippen MR) is 81.5 cm³/mol. The van der Waals surface area contributed by atoms with Crippen LogP contribution in [0.15, 0.2) is 9.98 Å². The van der Waals surface area contributed by atoms with Gasteiger partial charge in [-0.2, -0.15) is 0 Å². The molecule has 0 aromatic carbocycles. The number of rotatable bonds is 13. The van der Waals surface area contributed by atoms with Crippen molar-refractivity contribution in [1.82, 2.24) is 0 Å². The lowest BCUT2D eigenvalue weighted by Gasteiger charge is -2.04. The number of unbranched alkanes of at least 4 members (excludes halogenated alkanes) is 1. The molecule has 0 saturated carbocycles. The fraction of sp³-hybridized carbons (Fsp3) is 0.833. The van der Waals surface area contributed by atoms with Crippen LogP contribution in [0.3, 0.4) is 0 Å². The molecule has 118 valence electrons. The van der Waals surface area contributed by atoms with Gasteiger partial charge in [-0.05, 0) is 25.7 Å². The first kappa shape index (κ1) is 18.5. The van der Waals surface area contributed by atoms with Crippen LogP contribution < -0.4 is 22.9 Å². The lowest BCUT2D eigenvalue weighted by atomic mass is 10.3. The van der Waals surface area contributed by atoms with Crippen LogP contribution in [-0.2, 0) is 9.47 Å². The molecule has 8 nitrogen and oxygen atoms in total. The first-order valence-corrected chi connectivity index (χ1v) is 6.89. The Labute approximate surface area is 120 Å². The second-order valence-electron chi connectivity index (χ2n) is 4.25. The Morgan fingerprint density at radius 3 is 1.30 bits per heavy atom. The summed E-state index contributed by atoms with van der Waals surface area (Å²) in [5.41, 5.74) is 20.8. The van der Waals surface area contributed by atoms with Gasteiger partial charge in [-0.15, -0.1) is 0 Å². The fourth-order valence-electron chi connectivity index (χ4n) is 1.36. The molecule has 0 aromatic rings. The van der Waals surface area contributed by atoms with Gasteiger partial charge in [0.15, 0.2) is 11.9 Å². The topological polar surface area (TPSA) is 147 Å². The van der Waals surface area contributed by atoms with E-state index < -0.39 is 0 Å². The quantitative estimate of drug-likeness (QED) is 0.197. The van der Waals surface area contributed by atoms with Crippen LogP contribution in [0.4, 0.5) is 0 Å².